The van der Waals surface area contributed by atoms with E-state index in [1.54, 1.807) is 30.1 Å². The molecule has 18 heavy (non-hydrogen) atoms. The van der Waals surface area contributed by atoms with Crippen molar-refractivity contribution in [2.24, 2.45) is 7.05 Å². The number of nitrogens with zero attached hydrogens (tertiary/aromatic N) is 2. The summed E-state index contributed by atoms with van der Waals surface area (Å²) in [5.74, 6) is -0.400. The van der Waals surface area contributed by atoms with E-state index in [0.717, 1.165) is 5.69 Å². The average Bonchev–Trinajstić information content (AvgIpc) is 2.65. The maximum absolute atomic E-state index is 13.6. The maximum Gasteiger partial charge on any atom is 0.127 e. The van der Waals surface area contributed by atoms with Crippen molar-refractivity contribution in [1.82, 2.24) is 9.78 Å². The van der Waals surface area contributed by atoms with Gasteiger partial charge in [0.25, 0.3) is 0 Å². The normalized spacial score (nSPS) is 12.7. The van der Waals surface area contributed by atoms with Crippen molar-refractivity contribution in [3.05, 3.63) is 52.1 Å². The second-order valence-electron chi connectivity index (χ2n) is 4.23. The van der Waals surface area contributed by atoms with Crippen LogP contribution in [0.2, 0.25) is 5.02 Å². The van der Waals surface area contributed by atoms with Crippen LogP contribution in [-0.4, -0.2) is 14.9 Å². The van der Waals surface area contributed by atoms with Crippen LogP contribution in [0.1, 0.15) is 22.9 Å². The number of aliphatic hydroxyl groups excluding tert-OH is 1. The van der Waals surface area contributed by atoms with Crippen LogP contribution in [-0.2, 0) is 13.5 Å². The van der Waals surface area contributed by atoms with Gasteiger partial charge in [0.1, 0.15) is 5.82 Å². The van der Waals surface area contributed by atoms with Crippen molar-refractivity contribution in [3.63, 3.8) is 0 Å². The zero-order chi connectivity index (χ0) is 13.3. The lowest BCUT2D eigenvalue weighted by Crippen LogP contribution is -2.05. The molecule has 0 aliphatic rings. The van der Waals surface area contributed by atoms with Gasteiger partial charge < -0.3 is 5.11 Å². The molecule has 1 heterocycles. The lowest BCUT2D eigenvalue weighted by molar-refractivity contribution is 0.176. The fourth-order valence-corrected chi connectivity index (χ4v) is 2.11. The van der Waals surface area contributed by atoms with Gasteiger partial charge in [0.05, 0.1) is 12.3 Å². The monoisotopic (exact) mass is 268 g/mol. The summed E-state index contributed by atoms with van der Waals surface area (Å²) in [6, 6.07) is 4.50. The lowest BCUT2D eigenvalue weighted by atomic mass is 10.0. The SMILES string of the molecule is Cc1c(C(O)Cc2c(F)cccc2Cl)cnn1C. The van der Waals surface area contributed by atoms with Crippen molar-refractivity contribution in [2.75, 3.05) is 0 Å². The molecule has 0 aliphatic carbocycles. The summed E-state index contributed by atoms with van der Waals surface area (Å²) in [5, 5.41) is 14.5. The third kappa shape index (κ3) is 2.40. The molecule has 0 saturated carbocycles. The molecule has 0 spiro atoms. The van der Waals surface area contributed by atoms with Crippen LogP contribution in [0.4, 0.5) is 4.39 Å². The number of aryl methyl sites for hydroxylation is 1. The van der Waals surface area contributed by atoms with Crippen molar-refractivity contribution in [2.45, 2.75) is 19.4 Å². The lowest BCUT2D eigenvalue weighted by Gasteiger charge is -2.12. The van der Waals surface area contributed by atoms with Gasteiger partial charge in [0, 0.05) is 35.3 Å². The molecule has 5 heteroatoms. The van der Waals surface area contributed by atoms with E-state index in [2.05, 4.69) is 5.10 Å². The molecular formula is C13H14ClFN2O. The standard InChI is InChI=1S/C13H14ClFN2O/c1-8-10(7-16-17(8)2)13(18)6-9-11(14)4-3-5-12(9)15/h3-5,7,13,18H,6H2,1-2H3. The average molecular weight is 269 g/mol. The van der Waals surface area contributed by atoms with Crippen molar-refractivity contribution >= 4 is 11.6 Å². The van der Waals surface area contributed by atoms with Crippen molar-refractivity contribution < 1.29 is 9.50 Å². The number of benzene rings is 1. The third-order valence-corrected chi connectivity index (χ3v) is 3.45. The molecule has 0 fully saturated rings. The van der Waals surface area contributed by atoms with Gasteiger partial charge in [0.15, 0.2) is 0 Å². The molecule has 2 rings (SSSR count). The van der Waals surface area contributed by atoms with E-state index in [1.807, 2.05) is 6.92 Å². The van der Waals surface area contributed by atoms with Crippen LogP contribution in [0.5, 0.6) is 0 Å². The van der Waals surface area contributed by atoms with Gasteiger partial charge in [0.2, 0.25) is 0 Å². The largest absolute Gasteiger partial charge is 0.388 e. The number of aromatic nitrogens is 2. The Kier molecular flexibility index (Phi) is 3.68. The minimum absolute atomic E-state index is 0.137. The number of aliphatic hydroxyl groups is 1. The Labute approximate surface area is 110 Å². The Morgan fingerprint density at radius 2 is 2.22 bits per heavy atom. The van der Waals surface area contributed by atoms with Crippen LogP contribution in [0.25, 0.3) is 0 Å². The molecule has 0 aliphatic heterocycles. The number of hydrogen-bond acceptors (Lipinski definition) is 2. The number of halogens is 2. The fourth-order valence-electron chi connectivity index (χ4n) is 1.87. The number of rotatable bonds is 3. The highest BCUT2D eigenvalue weighted by molar-refractivity contribution is 6.31. The molecule has 0 amide bonds. The predicted molar refractivity (Wildman–Crippen MR) is 68.0 cm³/mol. The van der Waals surface area contributed by atoms with Crippen LogP contribution < -0.4 is 0 Å². The molecule has 1 aromatic carbocycles. The smallest absolute Gasteiger partial charge is 0.127 e. The van der Waals surface area contributed by atoms with E-state index in [-0.39, 0.29) is 6.42 Å². The third-order valence-electron chi connectivity index (χ3n) is 3.09. The molecule has 0 radical (unpaired) electrons. The van der Waals surface area contributed by atoms with E-state index in [1.165, 1.54) is 6.07 Å². The highest BCUT2D eigenvalue weighted by Gasteiger charge is 2.17. The summed E-state index contributed by atoms with van der Waals surface area (Å²) >= 11 is 5.93. The predicted octanol–water partition coefficient (Wildman–Crippen LogP) is 2.80. The van der Waals surface area contributed by atoms with Crippen molar-refractivity contribution in [1.29, 1.82) is 0 Å². The van der Waals surface area contributed by atoms with Crippen LogP contribution in [0, 0.1) is 12.7 Å². The Bertz CT molecular complexity index is 548. The molecule has 1 N–H and O–H groups in total. The van der Waals surface area contributed by atoms with E-state index in [9.17, 15) is 9.50 Å². The molecule has 3 nitrogen and oxygen atoms in total. The summed E-state index contributed by atoms with van der Waals surface area (Å²) in [6.45, 7) is 1.86. The Morgan fingerprint density at radius 3 is 2.78 bits per heavy atom. The van der Waals surface area contributed by atoms with Gasteiger partial charge in [-0.1, -0.05) is 17.7 Å². The zero-order valence-corrected chi connectivity index (χ0v) is 10.9. The van der Waals surface area contributed by atoms with Gasteiger partial charge in [-0.25, -0.2) is 4.39 Å². The second-order valence-corrected chi connectivity index (χ2v) is 4.64. The first-order valence-corrected chi connectivity index (χ1v) is 5.98. The highest BCUT2D eigenvalue weighted by Crippen LogP contribution is 2.26. The summed E-state index contributed by atoms with van der Waals surface area (Å²) in [4.78, 5) is 0. The molecule has 96 valence electrons. The molecule has 1 unspecified atom stereocenters. The van der Waals surface area contributed by atoms with Crippen LogP contribution in [0.15, 0.2) is 24.4 Å². The number of hydrogen-bond donors (Lipinski definition) is 1. The van der Waals surface area contributed by atoms with Gasteiger partial charge in [-0.2, -0.15) is 5.10 Å². The molecule has 0 bridgehead atoms. The summed E-state index contributed by atoms with van der Waals surface area (Å²) in [7, 11) is 1.79. The first kappa shape index (κ1) is 13.1. The molecule has 2 aromatic rings. The summed E-state index contributed by atoms with van der Waals surface area (Å²) in [5.41, 5.74) is 1.88. The van der Waals surface area contributed by atoms with Crippen LogP contribution in [0.3, 0.4) is 0 Å². The minimum Gasteiger partial charge on any atom is -0.388 e. The first-order valence-electron chi connectivity index (χ1n) is 5.60. The Morgan fingerprint density at radius 1 is 1.50 bits per heavy atom. The Hall–Kier alpha value is -1.39. The van der Waals surface area contributed by atoms with Gasteiger partial charge in [-0.3, -0.25) is 4.68 Å². The van der Waals surface area contributed by atoms with Gasteiger partial charge in [-0.05, 0) is 19.1 Å². The molecule has 1 aromatic heterocycles. The molecule has 1 atom stereocenters. The van der Waals surface area contributed by atoms with Crippen LogP contribution >= 0.6 is 11.6 Å². The second kappa shape index (κ2) is 5.08. The van der Waals surface area contributed by atoms with E-state index >= 15 is 0 Å². The van der Waals surface area contributed by atoms with E-state index in [0.29, 0.717) is 16.1 Å². The Balaban J connectivity index is 2.27. The summed E-state index contributed by atoms with van der Waals surface area (Å²) < 4.78 is 15.3. The van der Waals surface area contributed by atoms with Crippen molar-refractivity contribution in [3.8, 4) is 0 Å². The quantitative estimate of drug-likeness (QED) is 0.930. The van der Waals surface area contributed by atoms with Gasteiger partial charge in [-0.15, -0.1) is 0 Å². The topological polar surface area (TPSA) is 38.1 Å². The highest BCUT2D eigenvalue weighted by atomic mass is 35.5. The first-order chi connectivity index (χ1) is 8.50. The zero-order valence-electron chi connectivity index (χ0n) is 10.2. The van der Waals surface area contributed by atoms with E-state index < -0.39 is 11.9 Å². The summed E-state index contributed by atoms with van der Waals surface area (Å²) in [6.07, 6.45) is 0.917. The molecule has 0 saturated heterocycles. The fraction of sp³-hybridized carbons (Fsp3) is 0.308. The maximum atomic E-state index is 13.6. The van der Waals surface area contributed by atoms with Gasteiger partial charge >= 0.3 is 0 Å². The molecular weight excluding hydrogens is 255 g/mol. The minimum atomic E-state index is -0.812. The van der Waals surface area contributed by atoms with E-state index in [4.69, 9.17) is 11.6 Å².